The van der Waals surface area contributed by atoms with Gasteiger partial charge in [0.1, 0.15) is 11.6 Å². The molecule has 4 heteroatoms. The SMILES string of the molecule is O=C1C=C(O)c2cc(F)ccc2C1=O. The van der Waals surface area contributed by atoms with Gasteiger partial charge in [0.05, 0.1) is 0 Å². The van der Waals surface area contributed by atoms with Crippen molar-refractivity contribution < 1.29 is 19.1 Å². The molecule has 1 N–H and O–H groups in total. The van der Waals surface area contributed by atoms with E-state index < -0.39 is 17.4 Å². The number of hydrogen-bond donors (Lipinski definition) is 1. The molecule has 1 aliphatic rings. The lowest BCUT2D eigenvalue weighted by atomic mass is 9.94. The Morgan fingerprint density at radius 3 is 2.57 bits per heavy atom. The van der Waals surface area contributed by atoms with E-state index in [0.717, 1.165) is 18.2 Å². The maximum absolute atomic E-state index is 12.8. The molecule has 0 fully saturated rings. The maximum atomic E-state index is 12.8. The third kappa shape index (κ3) is 1.12. The highest BCUT2D eigenvalue weighted by Gasteiger charge is 2.25. The number of rotatable bonds is 0. The van der Waals surface area contributed by atoms with Gasteiger partial charge in [0, 0.05) is 17.2 Å². The second-order valence-corrected chi connectivity index (χ2v) is 2.91. The first kappa shape index (κ1) is 8.62. The van der Waals surface area contributed by atoms with Crippen molar-refractivity contribution in [1.29, 1.82) is 0 Å². The first-order valence-corrected chi connectivity index (χ1v) is 3.89. The smallest absolute Gasteiger partial charge is 0.233 e. The molecule has 0 saturated heterocycles. The van der Waals surface area contributed by atoms with Crippen molar-refractivity contribution in [2.75, 3.05) is 0 Å². The van der Waals surface area contributed by atoms with Crippen LogP contribution in [-0.4, -0.2) is 16.7 Å². The summed E-state index contributed by atoms with van der Waals surface area (Å²) in [7, 11) is 0. The highest BCUT2D eigenvalue weighted by atomic mass is 19.1. The van der Waals surface area contributed by atoms with Gasteiger partial charge >= 0.3 is 0 Å². The summed E-state index contributed by atoms with van der Waals surface area (Å²) in [5.41, 5.74) is 0.103. The number of hydrogen-bond acceptors (Lipinski definition) is 3. The van der Waals surface area contributed by atoms with Gasteiger partial charge in [0.25, 0.3) is 0 Å². The van der Waals surface area contributed by atoms with Crippen LogP contribution in [0, 0.1) is 5.82 Å². The first-order chi connectivity index (χ1) is 6.59. The second-order valence-electron chi connectivity index (χ2n) is 2.91. The average Bonchev–Trinajstić information content (AvgIpc) is 2.14. The summed E-state index contributed by atoms with van der Waals surface area (Å²) in [5.74, 6) is -2.45. The second kappa shape index (κ2) is 2.77. The quantitative estimate of drug-likeness (QED) is 0.633. The van der Waals surface area contributed by atoms with Crippen LogP contribution in [0.1, 0.15) is 15.9 Å². The van der Waals surface area contributed by atoms with E-state index >= 15 is 0 Å². The molecule has 0 saturated carbocycles. The molecule has 0 aromatic heterocycles. The van der Waals surface area contributed by atoms with Gasteiger partial charge < -0.3 is 5.11 Å². The van der Waals surface area contributed by atoms with Crippen molar-refractivity contribution in [2.24, 2.45) is 0 Å². The molecular formula is C10H5FO3. The molecule has 2 rings (SSSR count). The first-order valence-electron chi connectivity index (χ1n) is 3.89. The topological polar surface area (TPSA) is 54.4 Å². The van der Waals surface area contributed by atoms with Crippen LogP contribution in [0.2, 0.25) is 0 Å². The fourth-order valence-corrected chi connectivity index (χ4v) is 1.33. The molecule has 0 aliphatic heterocycles. The summed E-state index contributed by atoms with van der Waals surface area (Å²) in [5, 5.41) is 9.30. The summed E-state index contributed by atoms with van der Waals surface area (Å²) >= 11 is 0. The number of benzene rings is 1. The molecule has 0 heterocycles. The Kier molecular flexibility index (Phi) is 1.70. The number of allylic oxidation sites excluding steroid dienone is 1. The number of carbonyl (C=O) groups excluding carboxylic acids is 2. The molecule has 0 unspecified atom stereocenters. The van der Waals surface area contributed by atoms with E-state index in [0.29, 0.717) is 0 Å². The Hall–Kier alpha value is -1.97. The molecule has 70 valence electrons. The van der Waals surface area contributed by atoms with Crippen LogP contribution in [0.25, 0.3) is 5.76 Å². The minimum Gasteiger partial charge on any atom is -0.507 e. The van der Waals surface area contributed by atoms with Gasteiger partial charge in [-0.05, 0) is 18.2 Å². The molecule has 0 amide bonds. The summed E-state index contributed by atoms with van der Waals surface area (Å²) in [4.78, 5) is 22.2. The molecule has 0 radical (unpaired) electrons. The predicted molar refractivity (Wildman–Crippen MR) is 46.3 cm³/mol. The van der Waals surface area contributed by atoms with Crippen molar-refractivity contribution in [3.05, 3.63) is 41.2 Å². The van der Waals surface area contributed by atoms with Crippen molar-refractivity contribution >= 4 is 17.3 Å². The number of Topliss-reactive ketones (excluding diaryl/α,β-unsaturated/α-hetero) is 1. The summed E-state index contributed by atoms with van der Waals surface area (Å²) < 4.78 is 12.8. The van der Waals surface area contributed by atoms with E-state index in [1.54, 1.807) is 0 Å². The summed E-state index contributed by atoms with van der Waals surface area (Å²) in [6.07, 6.45) is 0.796. The van der Waals surface area contributed by atoms with Gasteiger partial charge in [-0.1, -0.05) is 0 Å². The normalized spacial score (nSPS) is 15.1. The minimum absolute atomic E-state index is 0.0383. The van der Waals surface area contributed by atoms with E-state index in [2.05, 4.69) is 0 Å². The Labute approximate surface area is 78.5 Å². The highest BCUT2D eigenvalue weighted by Crippen LogP contribution is 2.23. The molecule has 0 atom stereocenters. The van der Waals surface area contributed by atoms with E-state index in [1.165, 1.54) is 6.07 Å². The van der Waals surface area contributed by atoms with Gasteiger partial charge in [-0.15, -0.1) is 0 Å². The molecule has 3 nitrogen and oxygen atoms in total. The fourth-order valence-electron chi connectivity index (χ4n) is 1.33. The number of halogens is 1. The number of aliphatic hydroxyl groups excluding tert-OH is 1. The third-order valence-electron chi connectivity index (χ3n) is 1.99. The molecule has 1 aromatic carbocycles. The van der Waals surface area contributed by atoms with Gasteiger partial charge in [-0.3, -0.25) is 9.59 Å². The number of carbonyl (C=O) groups is 2. The van der Waals surface area contributed by atoms with Gasteiger partial charge in [0.15, 0.2) is 0 Å². The molecule has 1 aliphatic carbocycles. The van der Waals surface area contributed by atoms with Crippen LogP contribution in [-0.2, 0) is 4.79 Å². The molecule has 14 heavy (non-hydrogen) atoms. The molecule has 0 bridgehead atoms. The number of ketones is 2. The fraction of sp³-hybridized carbons (Fsp3) is 0. The highest BCUT2D eigenvalue weighted by molar-refractivity contribution is 6.50. The lowest BCUT2D eigenvalue weighted by Gasteiger charge is -2.10. The van der Waals surface area contributed by atoms with Gasteiger partial charge in [-0.2, -0.15) is 0 Å². The Balaban J connectivity index is 2.72. The van der Waals surface area contributed by atoms with Gasteiger partial charge in [-0.25, -0.2) is 4.39 Å². The number of aliphatic hydroxyl groups is 1. The zero-order valence-electron chi connectivity index (χ0n) is 6.95. The Morgan fingerprint density at radius 2 is 1.86 bits per heavy atom. The monoisotopic (exact) mass is 192 g/mol. The van der Waals surface area contributed by atoms with E-state index in [9.17, 15) is 19.1 Å². The molecule has 1 aromatic rings. The standard InChI is InChI=1S/C10H5FO3/c11-5-1-2-6-7(3-5)8(12)4-9(13)10(6)14/h1-4,12H. The molecule has 0 spiro atoms. The van der Waals surface area contributed by atoms with Crippen LogP contribution >= 0.6 is 0 Å². The van der Waals surface area contributed by atoms with E-state index in [4.69, 9.17) is 0 Å². The number of fused-ring (bicyclic) bond motifs is 1. The van der Waals surface area contributed by atoms with Crippen LogP contribution in [0.3, 0.4) is 0 Å². The van der Waals surface area contributed by atoms with Crippen LogP contribution in [0.5, 0.6) is 0 Å². The van der Waals surface area contributed by atoms with Crippen molar-refractivity contribution in [2.45, 2.75) is 0 Å². The molecular weight excluding hydrogens is 187 g/mol. The van der Waals surface area contributed by atoms with Crippen LogP contribution in [0.4, 0.5) is 4.39 Å². The van der Waals surface area contributed by atoms with Crippen LogP contribution < -0.4 is 0 Å². The Morgan fingerprint density at radius 1 is 1.14 bits per heavy atom. The third-order valence-corrected chi connectivity index (χ3v) is 1.99. The van der Waals surface area contributed by atoms with Crippen molar-refractivity contribution in [3.8, 4) is 0 Å². The lowest BCUT2D eigenvalue weighted by Crippen LogP contribution is -2.18. The predicted octanol–water partition coefficient (Wildman–Crippen LogP) is 1.49. The maximum Gasteiger partial charge on any atom is 0.233 e. The summed E-state index contributed by atoms with van der Waals surface area (Å²) in [6, 6.07) is 3.28. The van der Waals surface area contributed by atoms with Crippen molar-refractivity contribution in [3.63, 3.8) is 0 Å². The van der Waals surface area contributed by atoms with Crippen LogP contribution in [0.15, 0.2) is 24.3 Å². The minimum atomic E-state index is -0.790. The summed E-state index contributed by atoms with van der Waals surface area (Å²) in [6.45, 7) is 0. The average molecular weight is 192 g/mol. The van der Waals surface area contributed by atoms with Gasteiger partial charge in [0.2, 0.25) is 11.6 Å². The van der Waals surface area contributed by atoms with E-state index in [-0.39, 0.29) is 16.9 Å². The van der Waals surface area contributed by atoms with Crippen molar-refractivity contribution in [1.82, 2.24) is 0 Å². The zero-order valence-corrected chi connectivity index (χ0v) is 6.95. The Bertz CT molecular complexity index is 474. The lowest BCUT2D eigenvalue weighted by molar-refractivity contribution is -0.111. The zero-order chi connectivity index (χ0) is 10.3. The van der Waals surface area contributed by atoms with E-state index in [1.807, 2.05) is 0 Å². The largest absolute Gasteiger partial charge is 0.507 e.